The van der Waals surface area contributed by atoms with E-state index >= 15 is 0 Å². The molecule has 2 aromatic rings. The number of nitrogens with zero attached hydrogens (tertiary/aromatic N) is 4. The lowest BCUT2D eigenvalue weighted by Crippen LogP contribution is -2.33. The van der Waals surface area contributed by atoms with Crippen molar-refractivity contribution in [3.05, 3.63) is 52.3 Å². The Bertz CT molecular complexity index is 1030. The van der Waals surface area contributed by atoms with Gasteiger partial charge in [0.1, 0.15) is 6.61 Å². The van der Waals surface area contributed by atoms with Crippen molar-refractivity contribution in [2.24, 2.45) is 0 Å². The maximum atomic E-state index is 14.0. The third-order valence-electron chi connectivity index (χ3n) is 3.75. The van der Waals surface area contributed by atoms with Crippen LogP contribution in [0.25, 0.3) is 0 Å². The number of rotatable bonds is 9. The van der Waals surface area contributed by atoms with Crippen LogP contribution >= 0.6 is 0 Å². The summed E-state index contributed by atoms with van der Waals surface area (Å²) in [5.74, 6) is -1.81. The number of anilines is 2. The number of carbonyl (C=O) groups excluding carboxylic acids is 1. The van der Waals surface area contributed by atoms with Crippen LogP contribution in [0.1, 0.15) is 12.5 Å². The monoisotopic (exact) mass is 453 g/mol. The van der Waals surface area contributed by atoms with Gasteiger partial charge in [-0.15, -0.1) is 0 Å². The molecule has 166 valence electrons. The zero-order valence-corrected chi connectivity index (χ0v) is 17.6. The first-order valence-electron chi connectivity index (χ1n) is 8.81. The predicted octanol–water partition coefficient (Wildman–Crippen LogP) is 2.57. The van der Waals surface area contributed by atoms with Crippen molar-refractivity contribution >= 4 is 34.2 Å². The second kappa shape index (κ2) is 10.4. The van der Waals surface area contributed by atoms with E-state index in [4.69, 9.17) is 15.2 Å². The summed E-state index contributed by atoms with van der Waals surface area (Å²) < 4.78 is 36.0. The Morgan fingerprint density at radius 3 is 2.74 bits per heavy atom. The van der Waals surface area contributed by atoms with Crippen LogP contribution in [-0.2, 0) is 22.1 Å². The van der Waals surface area contributed by atoms with Gasteiger partial charge >= 0.3 is 11.8 Å². The number of nitrogen functional groups attached to an aromatic ring is 1. The van der Waals surface area contributed by atoms with Crippen molar-refractivity contribution in [2.75, 3.05) is 30.1 Å². The van der Waals surface area contributed by atoms with Gasteiger partial charge in [-0.3, -0.25) is 19.2 Å². The number of nitro groups is 1. The molecule has 0 spiro atoms. The molecule has 0 radical (unpaired) electrons. The summed E-state index contributed by atoms with van der Waals surface area (Å²) in [6.45, 7) is 4.73. The van der Waals surface area contributed by atoms with Gasteiger partial charge in [-0.2, -0.15) is 9.97 Å². The molecule has 13 heteroatoms. The first-order chi connectivity index (χ1) is 14.7. The summed E-state index contributed by atoms with van der Waals surface area (Å²) >= 11 is 0. The fourth-order valence-electron chi connectivity index (χ4n) is 2.45. The molecule has 0 saturated heterocycles. The molecule has 1 unspecified atom stereocenters. The molecule has 0 aliphatic rings. The minimum Gasteiger partial charge on any atom is -0.486 e. The molecule has 0 fully saturated rings. The molecule has 1 amide bonds. The number of ether oxygens (including phenoxy) is 2. The van der Waals surface area contributed by atoms with Gasteiger partial charge in [0.2, 0.25) is 16.8 Å². The third-order valence-corrected chi connectivity index (χ3v) is 4.45. The highest BCUT2D eigenvalue weighted by atomic mass is 32.2. The maximum absolute atomic E-state index is 14.0. The Morgan fingerprint density at radius 2 is 2.16 bits per heavy atom. The smallest absolute Gasteiger partial charge is 0.415 e. The average molecular weight is 453 g/mol. The lowest BCUT2D eigenvalue weighted by molar-refractivity contribution is -0.383. The van der Waals surface area contributed by atoms with Crippen molar-refractivity contribution in [3.8, 4) is 5.75 Å². The SMILES string of the molecule is C=CCOc1cc(CN(C(=O)OCC)c2nc(S(C)=O)nc(N)c2[N+](=O)[O-])ccc1F. The molecule has 0 aliphatic carbocycles. The molecule has 2 N–H and O–H groups in total. The molecule has 1 atom stereocenters. The molecule has 1 aromatic heterocycles. The summed E-state index contributed by atoms with van der Waals surface area (Å²) in [7, 11) is -1.74. The van der Waals surface area contributed by atoms with Crippen molar-refractivity contribution < 1.29 is 27.8 Å². The van der Waals surface area contributed by atoms with Crippen LogP contribution in [0, 0.1) is 15.9 Å². The highest BCUT2D eigenvalue weighted by Gasteiger charge is 2.32. The van der Waals surface area contributed by atoms with Crippen molar-refractivity contribution in [2.45, 2.75) is 18.6 Å². The quantitative estimate of drug-likeness (QED) is 0.261. The van der Waals surface area contributed by atoms with E-state index in [1.807, 2.05) is 0 Å². The highest BCUT2D eigenvalue weighted by Crippen LogP contribution is 2.33. The standard InChI is InChI=1S/C18H20FN5O6S/c1-4-8-30-13-9-11(6-7-12(13)19)10-23(18(25)29-5-2)16-14(24(26)27)15(20)21-17(22-16)31(3)28/h4,6-7,9H,1,5,8,10H2,2-3H3,(H2,20,21,22). The van der Waals surface area contributed by atoms with Crippen LogP contribution in [0.3, 0.4) is 0 Å². The number of hydrogen-bond donors (Lipinski definition) is 1. The van der Waals surface area contributed by atoms with Gasteiger partial charge in [0.25, 0.3) is 0 Å². The van der Waals surface area contributed by atoms with Gasteiger partial charge in [-0.05, 0) is 24.6 Å². The lowest BCUT2D eigenvalue weighted by Gasteiger charge is -2.21. The highest BCUT2D eigenvalue weighted by molar-refractivity contribution is 7.84. The van der Waals surface area contributed by atoms with E-state index in [1.54, 1.807) is 6.92 Å². The number of amides is 1. The summed E-state index contributed by atoms with van der Waals surface area (Å²) in [5, 5.41) is 11.3. The first-order valence-corrected chi connectivity index (χ1v) is 10.4. The van der Waals surface area contributed by atoms with Gasteiger partial charge in [-0.1, -0.05) is 18.7 Å². The Balaban J connectivity index is 2.61. The lowest BCUT2D eigenvalue weighted by atomic mass is 10.2. The van der Waals surface area contributed by atoms with Crippen molar-refractivity contribution in [1.82, 2.24) is 9.97 Å². The fraction of sp³-hybridized carbons (Fsp3) is 0.278. The van der Waals surface area contributed by atoms with E-state index in [0.717, 1.165) is 11.0 Å². The van der Waals surface area contributed by atoms with E-state index in [1.165, 1.54) is 24.5 Å². The zero-order chi connectivity index (χ0) is 23.1. The second-order valence-electron chi connectivity index (χ2n) is 5.92. The van der Waals surface area contributed by atoms with E-state index in [-0.39, 0.29) is 30.7 Å². The van der Waals surface area contributed by atoms with Crippen molar-refractivity contribution in [3.63, 3.8) is 0 Å². The molecule has 2 rings (SSSR count). The number of halogens is 1. The van der Waals surface area contributed by atoms with Crippen molar-refractivity contribution in [1.29, 1.82) is 0 Å². The van der Waals surface area contributed by atoms with Crippen LogP contribution in [0.2, 0.25) is 0 Å². The van der Waals surface area contributed by atoms with Crippen LogP contribution < -0.4 is 15.4 Å². The largest absolute Gasteiger partial charge is 0.486 e. The average Bonchev–Trinajstić information content (AvgIpc) is 2.71. The minimum absolute atomic E-state index is 0.0343. The van der Waals surface area contributed by atoms with E-state index in [0.29, 0.717) is 5.56 Å². The predicted molar refractivity (Wildman–Crippen MR) is 111 cm³/mol. The van der Waals surface area contributed by atoms with E-state index in [9.17, 15) is 23.5 Å². The summed E-state index contributed by atoms with van der Waals surface area (Å²) in [6.07, 6.45) is 1.70. The molecule has 11 nitrogen and oxygen atoms in total. The molecular formula is C18H20FN5O6S. The summed E-state index contributed by atoms with van der Waals surface area (Å²) in [5.41, 5.74) is 5.27. The maximum Gasteiger partial charge on any atom is 0.415 e. The number of carbonyl (C=O) groups is 1. The molecule has 0 bridgehead atoms. The molecular weight excluding hydrogens is 433 g/mol. The van der Waals surface area contributed by atoms with E-state index < -0.39 is 45.0 Å². The minimum atomic E-state index is -1.74. The van der Waals surface area contributed by atoms with Gasteiger partial charge < -0.3 is 15.2 Å². The van der Waals surface area contributed by atoms with Gasteiger partial charge in [-0.25, -0.2) is 9.18 Å². The van der Waals surface area contributed by atoms with Gasteiger partial charge in [0.05, 0.1) is 28.9 Å². The fourth-order valence-corrected chi connectivity index (χ4v) is 2.89. The Hall–Kier alpha value is -3.61. The Labute approximate surface area is 179 Å². The first kappa shape index (κ1) is 23.7. The second-order valence-corrected chi connectivity index (χ2v) is 7.20. The van der Waals surface area contributed by atoms with Crippen LogP contribution in [0.5, 0.6) is 5.75 Å². The summed E-state index contributed by atoms with van der Waals surface area (Å²) in [6, 6.07) is 3.80. The number of nitrogens with two attached hydrogens (primary N) is 1. The Morgan fingerprint density at radius 1 is 1.45 bits per heavy atom. The van der Waals surface area contributed by atoms with E-state index in [2.05, 4.69) is 16.5 Å². The van der Waals surface area contributed by atoms with Crippen LogP contribution in [0.4, 0.5) is 26.5 Å². The molecule has 1 aromatic carbocycles. The summed E-state index contributed by atoms with van der Waals surface area (Å²) in [4.78, 5) is 31.8. The van der Waals surface area contributed by atoms with Gasteiger partial charge in [0.15, 0.2) is 11.6 Å². The van der Waals surface area contributed by atoms with Crippen LogP contribution in [-0.4, -0.2) is 44.7 Å². The van der Waals surface area contributed by atoms with Gasteiger partial charge in [0, 0.05) is 6.26 Å². The molecule has 0 saturated carbocycles. The van der Waals surface area contributed by atoms with Crippen LogP contribution in [0.15, 0.2) is 36.0 Å². The topological polar surface area (TPSA) is 151 Å². The third kappa shape index (κ3) is 5.72. The molecule has 1 heterocycles. The zero-order valence-electron chi connectivity index (χ0n) is 16.7. The number of hydrogen-bond acceptors (Lipinski definition) is 9. The number of benzene rings is 1. The normalized spacial score (nSPS) is 11.5. The molecule has 0 aliphatic heterocycles. The molecule has 31 heavy (non-hydrogen) atoms. The Kier molecular flexibility index (Phi) is 7.96. The number of aromatic nitrogens is 2.